The normalized spacial score (nSPS) is 15.2. The summed E-state index contributed by atoms with van der Waals surface area (Å²) in [7, 11) is 0. The third kappa shape index (κ3) is 3.83. The molecule has 0 amide bonds. The lowest BCUT2D eigenvalue weighted by atomic mass is 9.86. The van der Waals surface area contributed by atoms with Crippen LogP contribution in [0.1, 0.15) is 27.6 Å². The summed E-state index contributed by atoms with van der Waals surface area (Å²) in [5.41, 5.74) is 9.63. The summed E-state index contributed by atoms with van der Waals surface area (Å²) < 4.78 is 16.3. The number of fused-ring (bicyclic) bond motifs is 1. The fourth-order valence-corrected chi connectivity index (χ4v) is 3.86. The van der Waals surface area contributed by atoms with Crippen molar-refractivity contribution in [3.8, 4) is 29.0 Å². The number of ether oxygens (including phenoxy) is 2. The molecule has 0 saturated heterocycles. The lowest BCUT2D eigenvalue weighted by Crippen LogP contribution is -2.13. The van der Waals surface area contributed by atoms with Crippen molar-refractivity contribution in [2.24, 2.45) is 5.73 Å². The molecule has 2 aromatic carbocycles. The quantitative estimate of drug-likeness (QED) is 0.359. The molecule has 33 heavy (non-hydrogen) atoms. The van der Waals surface area contributed by atoms with E-state index in [1.807, 2.05) is 36.4 Å². The summed E-state index contributed by atoms with van der Waals surface area (Å²) in [4.78, 5) is 12.3. The van der Waals surface area contributed by atoms with Crippen molar-refractivity contribution in [3.63, 3.8) is 0 Å². The van der Waals surface area contributed by atoms with Crippen molar-refractivity contribution in [2.45, 2.75) is 12.3 Å². The highest BCUT2D eigenvalue weighted by Gasteiger charge is 2.30. The van der Waals surface area contributed by atoms with Gasteiger partial charge in [-0.05, 0) is 36.2 Å². The zero-order valence-electron chi connectivity index (χ0n) is 17.3. The average molecular weight is 438 g/mol. The van der Waals surface area contributed by atoms with Crippen LogP contribution in [0, 0.1) is 11.3 Å². The van der Waals surface area contributed by atoms with Gasteiger partial charge in [0.25, 0.3) is 0 Å². The predicted octanol–water partition coefficient (Wildman–Crippen LogP) is 4.30. The van der Waals surface area contributed by atoms with E-state index in [9.17, 15) is 10.1 Å². The summed E-state index contributed by atoms with van der Waals surface area (Å²) in [5, 5.41) is 17.2. The molecular formula is C25H18N4O4. The van der Waals surface area contributed by atoms with Crippen LogP contribution in [0.15, 0.2) is 88.9 Å². The summed E-state index contributed by atoms with van der Waals surface area (Å²) >= 11 is 0. The maximum absolute atomic E-state index is 12.3. The molecule has 1 unspecified atom stereocenters. The number of benzene rings is 2. The van der Waals surface area contributed by atoms with Crippen LogP contribution in [0.4, 0.5) is 0 Å². The van der Waals surface area contributed by atoms with Crippen LogP contribution in [0.5, 0.6) is 11.6 Å². The third-order valence-corrected chi connectivity index (χ3v) is 5.42. The first-order chi connectivity index (χ1) is 16.1. The molecule has 3 heterocycles. The van der Waals surface area contributed by atoms with E-state index in [4.69, 9.17) is 19.6 Å². The lowest BCUT2D eigenvalue weighted by molar-refractivity contribution is 0.0701. The number of nitriles is 1. The van der Waals surface area contributed by atoms with Gasteiger partial charge in [0.15, 0.2) is 0 Å². The highest BCUT2D eigenvalue weighted by atomic mass is 16.5. The maximum atomic E-state index is 12.3. The van der Waals surface area contributed by atoms with E-state index in [0.29, 0.717) is 18.1 Å². The molecule has 0 fully saturated rings. The molecule has 1 aliphatic heterocycles. The molecule has 8 nitrogen and oxygen atoms in total. The zero-order chi connectivity index (χ0) is 22.8. The zero-order valence-corrected chi connectivity index (χ0v) is 17.3. The number of nitrogens with one attached hydrogen (secondary N) is 1. The van der Waals surface area contributed by atoms with E-state index in [1.54, 1.807) is 24.3 Å². The molecule has 0 spiro atoms. The average Bonchev–Trinajstić information content (AvgIpc) is 3.48. The minimum Gasteiger partial charge on any atom is -0.457 e. The van der Waals surface area contributed by atoms with E-state index >= 15 is 0 Å². The summed E-state index contributed by atoms with van der Waals surface area (Å²) in [6.45, 7) is 0. The van der Waals surface area contributed by atoms with Crippen LogP contribution < -0.4 is 15.2 Å². The van der Waals surface area contributed by atoms with E-state index in [1.165, 1.54) is 12.3 Å². The van der Waals surface area contributed by atoms with Crippen LogP contribution in [0.2, 0.25) is 0 Å². The number of carbonyl (C=O) groups is 1. The number of aromatic nitrogens is 2. The monoisotopic (exact) mass is 438 g/mol. The predicted molar refractivity (Wildman–Crippen MR) is 118 cm³/mol. The molecule has 162 valence electrons. The number of esters is 1. The molecule has 8 heteroatoms. The minimum atomic E-state index is -0.611. The number of furan rings is 1. The Morgan fingerprint density at radius 3 is 2.76 bits per heavy atom. The third-order valence-electron chi connectivity index (χ3n) is 5.42. The van der Waals surface area contributed by atoms with Gasteiger partial charge >= 0.3 is 5.97 Å². The van der Waals surface area contributed by atoms with Crippen LogP contribution in [-0.4, -0.2) is 16.2 Å². The molecule has 0 saturated carbocycles. The SMILES string of the molecule is N#CC1=C(N)Oc2[nH]nc(-c3ccccc3)c2CC1c1cccc(OC(=O)c2ccco2)c1. The molecule has 4 aromatic rings. The molecular weight excluding hydrogens is 420 g/mol. The van der Waals surface area contributed by atoms with E-state index < -0.39 is 11.9 Å². The topological polar surface area (TPSA) is 127 Å². The number of aromatic amines is 1. The number of nitrogens with zero attached hydrogens (tertiary/aromatic N) is 2. The highest BCUT2D eigenvalue weighted by Crippen LogP contribution is 2.40. The number of allylic oxidation sites excluding steroid dienone is 1. The van der Waals surface area contributed by atoms with Crippen molar-refractivity contribution in [3.05, 3.63) is 101 Å². The highest BCUT2D eigenvalue weighted by molar-refractivity contribution is 5.88. The Hall–Kier alpha value is -4.77. The number of carbonyl (C=O) groups excluding carboxylic acids is 1. The number of rotatable bonds is 4. The summed E-state index contributed by atoms with van der Waals surface area (Å²) in [6.07, 6.45) is 1.81. The van der Waals surface area contributed by atoms with Crippen molar-refractivity contribution in [1.29, 1.82) is 5.26 Å². The van der Waals surface area contributed by atoms with Crippen LogP contribution in [0.25, 0.3) is 11.3 Å². The van der Waals surface area contributed by atoms with Crippen molar-refractivity contribution >= 4 is 5.97 Å². The Morgan fingerprint density at radius 1 is 1.15 bits per heavy atom. The van der Waals surface area contributed by atoms with Gasteiger partial charge in [-0.25, -0.2) is 9.89 Å². The Kier molecular flexibility index (Phi) is 5.13. The van der Waals surface area contributed by atoms with Crippen LogP contribution >= 0.6 is 0 Å². The second kappa shape index (κ2) is 8.40. The molecule has 1 aliphatic rings. The molecule has 3 N–H and O–H groups in total. The van der Waals surface area contributed by atoms with Gasteiger partial charge in [0.1, 0.15) is 11.8 Å². The first-order valence-electron chi connectivity index (χ1n) is 10.2. The number of nitrogens with two attached hydrogens (primary N) is 1. The Bertz CT molecular complexity index is 1380. The fourth-order valence-electron chi connectivity index (χ4n) is 3.86. The fraction of sp³-hybridized carbons (Fsp3) is 0.0800. The van der Waals surface area contributed by atoms with Crippen molar-refractivity contribution < 1.29 is 18.7 Å². The Balaban J connectivity index is 1.52. The lowest BCUT2D eigenvalue weighted by Gasteiger charge is -2.16. The first-order valence-corrected chi connectivity index (χ1v) is 10.2. The largest absolute Gasteiger partial charge is 0.457 e. The standard InChI is InChI=1S/C25H18N4O4/c26-14-20-18(16-8-4-9-17(12-16)32-25(30)21-10-5-11-31-21)13-19-22(15-6-2-1-3-7-15)28-29-24(19)33-23(20)27/h1-12,18H,13,27H2,(H,28,29). The minimum absolute atomic E-state index is 0.00231. The smallest absolute Gasteiger partial charge is 0.379 e. The summed E-state index contributed by atoms with van der Waals surface area (Å²) in [5.74, 6) is -0.213. The summed E-state index contributed by atoms with van der Waals surface area (Å²) in [6, 6.07) is 22.0. The van der Waals surface area contributed by atoms with Crippen molar-refractivity contribution in [2.75, 3.05) is 0 Å². The van der Waals surface area contributed by atoms with Gasteiger partial charge in [0.05, 0.1) is 17.5 Å². The van der Waals surface area contributed by atoms with Gasteiger partial charge in [0, 0.05) is 17.0 Å². The maximum Gasteiger partial charge on any atom is 0.379 e. The van der Waals surface area contributed by atoms with Crippen molar-refractivity contribution in [1.82, 2.24) is 10.2 Å². The Labute approximate surface area is 188 Å². The Morgan fingerprint density at radius 2 is 2.00 bits per heavy atom. The van der Waals surface area contributed by atoms with Gasteiger partial charge in [-0.1, -0.05) is 42.5 Å². The molecule has 2 aromatic heterocycles. The second-order valence-electron chi connectivity index (χ2n) is 7.43. The molecule has 5 rings (SSSR count). The van der Waals surface area contributed by atoms with Crippen LogP contribution in [-0.2, 0) is 6.42 Å². The second-order valence-corrected chi connectivity index (χ2v) is 7.43. The van der Waals surface area contributed by atoms with Gasteiger partial charge in [-0.15, -0.1) is 0 Å². The van der Waals surface area contributed by atoms with Gasteiger partial charge in [-0.3, -0.25) is 0 Å². The van der Waals surface area contributed by atoms with Gasteiger partial charge < -0.3 is 19.6 Å². The van der Waals surface area contributed by atoms with E-state index in [0.717, 1.165) is 22.4 Å². The number of hydrogen-bond acceptors (Lipinski definition) is 7. The molecule has 0 radical (unpaired) electrons. The van der Waals surface area contributed by atoms with E-state index in [2.05, 4.69) is 16.3 Å². The van der Waals surface area contributed by atoms with E-state index in [-0.39, 0.29) is 17.2 Å². The number of H-pyrrole nitrogens is 1. The molecule has 1 atom stereocenters. The van der Waals surface area contributed by atoms with Gasteiger partial charge in [0.2, 0.25) is 17.5 Å². The first kappa shape index (κ1) is 20.2. The van der Waals surface area contributed by atoms with Crippen LogP contribution in [0.3, 0.4) is 0 Å². The molecule has 0 bridgehead atoms. The van der Waals surface area contributed by atoms with Gasteiger partial charge in [-0.2, -0.15) is 10.4 Å². The number of hydrogen-bond donors (Lipinski definition) is 2. The molecule has 0 aliphatic carbocycles.